The lowest BCUT2D eigenvalue weighted by Crippen LogP contribution is -2.40. The number of hydrogen-bond donors (Lipinski definition) is 2. The molecule has 0 radical (unpaired) electrons. The van der Waals surface area contributed by atoms with Crippen LogP contribution in [0.1, 0.15) is 33.3 Å². The van der Waals surface area contributed by atoms with E-state index in [2.05, 4.69) is 50.5 Å². The highest BCUT2D eigenvalue weighted by Crippen LogP contribution is 2.62. The van der Waals surface area contributed by atoms with Crippen LogP contribution in [0.4, 0.5) is 5.69 Å². The van der Waals surface area contributed by atoms with Crippen LogP contribution in [0.25, 0.3) is 0 Å². The Labute approximate surface area is 121 Å². The summed E-state index contributed by atoms with van der Waals surface area (Å²) in [6.07, 6.45) is 0.836. The van der Waals surface area contributed by atoms with E-state index in [-0.39, 0.29) is 22.7 Å². The van der Waals surface area contributed by atoms with Gasteiger partial charge in [0.15, 0.2) is 0 Å². The Morgan fingerprint density at radius 1 is 1.20 bits per heavy atom. The molecule has 1 aromatic carbocycles. The van der Waals surface area contributed by atoms with Crippen LogP contribution in [0.3, 0.4) is 0 Å². The molecule has 3 nitrogen and oxygen atoms in total. The van der Waals surface area contributed by atoms with Crippen molar-refractivity contribution in [3.8, 4) is 0 Å². The molecule has 1 unspecified atom stereocenters. The van der Waals surface area contributed by atoms with Gasteiger partial charge in [0, 0.05) is 18.3 Å². The number of hydrogen-bond acceptors (Lipinski definition) is 2. The maximum Gasteiger partial charge on any atom is 0.225 e. The average molecular weight is 272 g/mol. The normalized spacial score (nSPS) is 26.3. The summed E-state index contributed by atoms with van der Waals surface area (Å²) < 4.78 is 0. The topological polar surface area (TPSA) is 41.1 Å². The van der Waals surface area contributed by atoms with E-state index in [9.17, 15) is 4.79 Å². The standard InChI is InChI=1S/C17H24N2O/c1-16(2)15(17(16,3)4)19-14(20)12-9-11-7-5-6-8-13(11)18-10-12/h5-8,12,15,18H,9-10H2,1-4H3,(H,19,20). The largest absolute Gasteiger partial charge is 0.384 e. The quantitative estimate of drug-likeness (QED) is 0.869. The Morgan fingerprint density at radius 2 is 1.85 bits per heavy atom. The summed E-state index contributed by atoms with van der Waals surface area (Å²) in [6, 6.07) is 8.54. The van der Waals surface area contributed by atoms with Crippen molar-refractivity contribution in [3.63, 3.8) is 0 Å². The first-order valence-corrected chi connectivity index (χ1v) is 7.46. The highest BCUT2D eigenvalue weighted by atomic mass is 16.2. The van der Waals surface area contributed by atoms with Crippen LogP contribution in [-0.2, 0) is 11.2 Å². The second-order valence-corrected chi connectivity index (χ2v) is 7.32. The van der Waals surface area contributed by atoms with Gasteiger partial charge in [-0.1, -0.05) is 45.9 Å². The number of carbonyl (C=O) groups is 1. The number of fused-ring (bicyclic) bond motifs is 1. The van der Waals surface area contributed by atoms with Crippen molar-refractivity contribution in [2.24, 2.45) is 16.7 Å². The molecule has 0 aromatic heterocycles. The molecular formula is C17H24N2O. The van der Waals surface area contributed by atoms with E-state index < -0.39 is 0 Å². The molecule has 3 rings (SSSR count). The minimum absolute atomic E-state index is 0.0390. The lowest BCUT2D eigenvalue weighted by atomic mass is 9.93. The zero-order valence-electron chi connectivity index (χ0n) is 12.8. The summed E-state index contributed by atoms with van der Waals surface area (Å²) in [7, 11) is 0. The summed E-state index contributed by atoms with van der Waals surface area (Å²) in [5.41, 5.74) is 2.81. The fraction of sp³-hybridized carbons (Fsp3) is 0.588. The van der Waals surface area contributed by atoms with E-state index >= 15 is 0 Å². The summed E-state index contributed by atoms with van der Waals surface area (Å²) in [6.45, 7) is 9.65. The van der Waals surface area contributed by atoms with Crippen LogP contribution in [0, 0.1) is 16.7 Å². The molecule has 1 fully saturated rings. The predicted octanol–water partition coefficient (Wildman–Crippen LogP) is 2.82. The number of amides is 1. The SMILES string of the molecule is CC1(C)C(NC(=O)C2CNc3ccccc3C2)C1(C)C. The molecule has 2 N–H and O–H groups in total. The van der Waals surface area contributed by atoms with Crippen molar-refractivity contribution >= 4 is 11.6 Å². The highest BCUT2D eigenvalue weighted by molar-refractivity contribution is 5.81. The fourth-order valence-electron chi connectivity index (χ4n) is 3.44. The van der Waals surface area contributed by atoms with Crippen molar-refractivity contribution < 1.29 is 4.79 Å². The number of anilines is 1. The second kappa shape index (κ2) is 4.24. The Kier molecular flexibility index (Phi) is 2.86. The van der Waals surface area contributed by atoms with Gasteiger partial charge in [-0.15, -0.1) is 0 Å². The predicted molar refractivity (Wildman–Crippen MR) is 81.6 cm³/mol. The monoisotopic (exact) mass is 272 g/mol. The zero-order chi connectivity index (χ0) is 14.5. The molecule has 1 saturated carbocycles. The van der Waals surface area contributed by atoms with E-state index in [1.165, 1.54) is 11.3 Å². The summed E-state index contributed by atoms with van der Waals surface area (Å²) in [5.74, 6) is 0.229. The molecule has 1 aliphatic carbocycles. The summed E-state index contributed by atoms with van der Waals surface area (Å²) in [5, 5.41) is 6.62. The van der Waals surface area contributed by atoms with Gasteiger partial charge < -0.3 is 10.6 Å². The van der Waals surface area contributed by atoms with Crippen molar-refractivity contribution in [1.29, 1.82) is 0 Å². The summed E-state index contributed by atoms with van der Waals surface area (Å²) in [4.78, 5) is 12.5. The van der Waals surface area contributed by atoms with E-state index in [4.69, 9.17) is 0 Å². The van der Waals surface area contributed by atoms with Crippen molar-refractivity contribution in [1.82, 2.24) is 5.32 Å². The smallest absolute Gasteiger partial charge is 0.225 e. The molecule has 3 heteroatoms. The van der Waals surface area contributed by atoms with Crippen molar-refractivity contribution in [2.45, 2.75) is 40.2 Å². The Bertz CT molecular complexity index is 534. The molecule has 0 spiro atoms. The minimum Gasteiger partial charge on any atom is -0.384 e. The third kappa shape index (κ3) is 1.91. The lowest BCUT2D eigenvalue weighted by molar-refractivity contribution is -0.125. The maximum absolute atomic E-state index is 12.5. The Morgan fingerprint density at radius 3 is 2.50 bits per heavy atom. The molecule has 20 heavy (non-hydrogen) atoms. The number of carbonyl (C=O) groups excluding carboxylic acids is 1. The number of benzene rings is 1. The van der Waals surface area contributed by atoms with Crippen LogP contribution in [0.2, 0.25) is 0 Å². The average Bonchev–Trinajstić information content (AvgIpc) is 2.80. The molecule has 1 aliphatic heterocycles. The fourth-order valence-corrected chi connectivity index (χ4v) is 3.44. The molecular weight excluding hydrogens is 248 g/mol. The minimum atomic E-state index is 0.0390. The van der Waals surface area contributed by atoms with E-state index in [1.807, 2.05) is 12.1 Å². The Hall–Kier alpha value is -1.51. The van der Waals surface area contributed by atoms with Crippen molar-refractivity contribution in [3.05, 3.63) is 29.8 Å². The molecule has 0 saturated heterocycles. The first-order valence-electron chi connectivity index (χ1n) is 7.46. The van der Waals surface area contributed by atoms with E-state index in [1.54, 1.807) is 0 Å². The molecule has 1 amide bonds. The molecule has 1 atom stereocenters. The van der Waals surface area contributed by atoms with E-state index in [0.29, 0.717) is 6.04 Å². The van der Waals surface area contributed by atoms with Gasteiger partial charge >= 0.3 is 0 Å². The molecule has 2 aliphatic rings. The number of para-hydroxylation sites is 1. The van der Waals surface area contributed by atoms with Gasteiger partial charge in [-0.2, -0.15) is 0 Å². The van der Waals surface area contributed by atoms with Gasteiger partial charge in [-0.05, 0) is 28.9 Å². The Balaban J connectivity index is 1.66. The molecule has 1 aromatic rings. The highest BCUT2D eigenvalue weighted by Gasteiger charge is 2.65. The first kappa shape index (κ1) is 13.5. The van der Waals surface area contributed by atoms with Crippen molar-refractivity contribution in [2.75, 3.05) is 11.9 Å². The first-order chi connectivity index (χ1) is 9.34. The second-order valence-electron chi connectivity index (χ2n) is 7.32. The van der Waals surface area contributed by atoms with Gasteiger partial charge in [0.25, 0.3) is 0 Å². The van der Waals surface area contributed by atoms with Gasteiger partial charge in [-0.3, -0.25) is 4.79 Å². The molecule has 1 heterocycles. The number of nitrogens with one attached hydrogen (secondary N) is 2. The zero-order valence-corrected chi connectivity index (χ0v) is 12.8. The van der Waals surface area contributed by atoms with Gasteiger partial charge in [-0.25, -0.2) is 0 Å². The molecule has 108 valence electrons. The van der Waals surface area contributed by atoms with Gasteiger partial charge in [0.2, 0.25) is 5.91 Å². The van der Waals surface area contributed by atoms with Crippen LogP contribution in [0.15, 0.2) is 24.3 Å². The van der Waals surface area contributed by atoms with Crippen LogP contribution >= 0.6 is 0 Å². The third-order valence-electron chi connectivity index (χ3n) is 5.70. The lowest BCUT2D eigenvalue weighted by Gasteiger charge is -2.25. The van der Waals surface area contributed by atoms with Crippen LogP contribution in [0.5, 0.6) is 0 Å². The third-order valence-corrected chi connectivity index (χ3v) is 5.70. The van der Waals surface area contributed by atoms with Crippen LogP contribution < -0.4 is 10.6 Å². The summed E-state index contributed by atoms with van der Waals surface area (Å²) >= 11 is 0. The maximum atomic E-state index is 12.5. The number of rotatable bonds is 2. The molecule has 0 bridgehead atoms. The van der Waals surface area contributed by atoms with E-state index in [0.717, 1.165) is 13.0 Å². The van der Waals surface area contributed by atoms with Gasteiger partial charge in [0.1, 0.15) is 0 Å². The van der Waals surface area contributed by atoms with Crippen LogP contribution in [-0.4, -0.2) is 18.5 Å². The van der Waals surface area contributed by atoms with Gasteiger partial charge in [0.05, 0.1) is 5.92 Å².